The van der Waals surface area contributed by atoms with Crippen molar-refractivity contribution in [3.8, 4) is 0 Å². The molecule has 0 bridgehead atoms. The summed E-state index contributed by atoms with van der Waals surface area (Å²) in [5.74, 6) is 0.892. The number of piperidine rings is 1. The number of aliphatic carboxylic acids is 1. The lowest BCUT2D eigenvalue weighted by Crippen LogP contribution is -2.30. The van der Waals surface area contributed by atoms with Crippen LogP contribution >= 0.6 is 11.8 Å². The van der Waals surface area contributed by atoms with E-state index in [2.05, 4.69) is 16.0 Å². The topological polar surface area (TPSA) is 86.6 Å². The minimum absolute atomic E-state index is 0.0705. The van der Waals surface area contributed by atoms with Gasteiger partial charge in [-0.15, -0.1) is 11.8 Å². The SMILES string of the molecule is O=C(O)[C@H]1[C@@H]2CN(c3ccc(C(=O)N4CCC(c5cccnc5)C4)c(SC4CCCC4)n3)C[C@@H]21. The minimum atomic E-state index is -0.670. The molecule has 6 rings (SSSR count). The number of amides is 1. The van der Waals surface area contributed by atoms with Crippen molar-refractivity contribution in [2.24, 2.45) is 17.8 Å². The van der Waals surface area contributed by atoms with Crippen LogP contribution in [0.3, 0.4) is 0 Å². The monoisotopic (exact) mass is 478 g/mol. The lowest BCUT2D eigenvalue weighted by molar-refractivity contribution is -0.139. The van der Waals surface area contributed by atoms with Gasteiger partial charge in [-0.2, -0.15) is 0 Å². The van der Waals surface area contributed by atoms with Gasteiger partial charge in [0.15, 0.2) is 0 Å². The van der Waals surface area contributed by atoms with Crippen LogP contribution in [0.5, 0.6) is 0 Å². The minimum Gasteiger partial charge on any atom is -0.481 e. The second kappa shape index (κ2) is 8.87. The summed E-state index contributed by atoms with van der Waals surface area (Å²) >= 11 is 1.76. The Bertz CT molecular complexity index is 1080. The van der Waals surface area contributed by atoms with Gasteiger partial charge in [0.1, 0.15) is 10.8 Å². The van der Waals surface area contributed by atoms with Crippen molar-refractivity contribution in [2.75, 3.05) is 31.1 Å². The first-order chi connectivity index (χ1) is 16.6. The van der Waals surface area contributed by atoms with E-state index in [1.54, 1.807) is 18.0 Å². The lowest BCUT2D eigenvalue weighted by Gasteiger charge is -2.23. The molecule has 2 aromatic heterocycles. The number of thioether (sulfide) groups is 1. The number of carboxylic acids is 1. The number of carbonyl (C=O) groups excluding carboxylic acids is 1. The number of aromatic nitrogens is 2. The molecule has 4 aliphatic rings. The number of carboxylic acid groups (broad SMARTS) is 1. The molecule has 34 heavy (non-hydrogen) atoms. The Balaban J connectivity index is 1.21. The summed E-state index contributed by atoms with van der Waals surface area (Å²) in [7, 11) is 0. The fourth-order valence-electron chi connectivity index (χ4n) is 6.11. The molecule has 0 aromatic carbocycles. The summed E-state index contributed by atoms with van der Waals surface area (Å²) in [4.78, 5) is 38.4. The molecule has 4 fully saturated rings. The van der Waals surface area contributed by atoms with Crippen molar-refractivity contribution in [1.29, 1.82) is 0 Å². The van der Waals surface area contributed by atoms with Crippen LogP contribution in [-0.4, -0.2) is 63.3 Å². The highest BCUT2D eigenvalue weighted by molar-refractivity contribution is 7.99. The Morgan fingerprint density at radius 2 is 1.82 bits per heavy atom. The number of anilines is 1. The average Bonchev–Trinajstić information content (AvgIpc) is 3.35. The normalized spacial score (nSPS) is 28.4. The molecule has 2 saturated carbocycles. The molecule has 1 amide bonds. The van der Waals surface area contributed by atoms with E-state index in [0.29, 0.717) is 23.3 Å². The van der Waals surface area contributed by atoms with Gasteiger partial charge in [0.25, 0.3) is 5.91 Å². The molecule has 2 aliphatic carbocycles. The van der Waals surface area contributed by atoms with Crippen molar-refractivity contribution in [3.63, 3.8) is 0 Å². The molecule has 0 spiro atoms. The van der Waals surface area contributed by atoms with Crippen LogP contribution in [0.2, 0.25) is 0 Å². The fourth-order valence-corrected chi connectivity index (χ4v) is 7.42. The van der Waals surface area contributed by atoms with E-state index in [9.17, 15) is 14.7 Å². The number of hydrogen-bond donors (Lipinski definition) is 1. The largest absolute Gasteiger partial charge is 0.481 e. The standard InChI is InChI=1S/C26H30N4O3S/c31-25(29-11-9-17(13-29)16-4-3-10-27-12-16)19-7-8-22(28-24(19)34-18-5-1-2-6-18)30-14-20-21(15-30)23(20)26(32)33/h3-4,7-8,10,12,17-18,20-21,23H,1-2,5-6,9,11,13-15H2,(H,32,33)/t17?,20-,21+,23+. The maximum Gasteiger partial charge on any atom is 0.307 e. The van der Waals surface area contributed by atoms with Gasteiger partial charge < -0.3 is 14.9 Å². The van der Waals surface area contributed by atoms with Crippen molar-refractivity contribution >= 4 is 29.5 Å². The first kappa shape index (κ1) is 21.9. The van der Waals surface area contributed by atoms with Gasteiger partial charge >= 0.3 is 5.97 Å². The van der Waals surface area contributed by atoms with E-state index in [1.807, 2.05) is 29.3 Å². The van der Waals surface area contributed by atoms with Crippen LogP contribution in [0.25, 0.3) is 0 Å². The Morgan fingerprint density at radius 3 is 2.53 bits per heavy atom. The smallest absolute Gasteiger partial charge is 0.307 e. The molecule has 1 unspecified atom stereocenters. The van der Waals surface area contributed by atoms with Gasteiger partial charge in [-0.1, -0.05) is 18.9 Å². The van der Waals surface area contributed by atoms with E-state index < -0.39 is 5.97 Å². The molecule has 8 heteroatoms. The zero-order valence-corrected chi connectivity index (χ0v) is 20.0. The van der Waals surface area contributed by atoms with Crippen LogP contribution in [0, 0.1) is 17.8 Å². The van der Waals surface area contributed by atoms with E-state index in [1.165, 1.54) is 31.2 Å². The van der Waals surface area contributed by atoms with E-state index >= 15 is 0 Å². The molecule has 0 radical (unpaired) electrons. The predicted molar refractivity (Wildman–Crippen MR) is 130 cm³/mol. The first-order valence-corrected chi connectivity index (χ1v) is 13.3. The number of pyridine rings is 2. The van der Waals surface area contributed by atoms with Crippen LogP contribution < -0.4 is 4.90 Å². The van der Waals surface area contributed by atoms with Crippen LogP contribution in [-0.2, 0) is 4.79 Å². The Kier molecular flexibility index (Phi) is 5.71. The highest BCUT2D eigenvalue weighted by Crippen LogP contribution is 2.52. The summed E-state index contributed by atoms with van der Waals surface area (Å²) in [6.45, 7) is 2.95. The summed E-state index contributed by atoms with van der Waals surface area (Å²) in [6, 6.07) is 7.97. The fraction of sp³-hybridized carbons (Fsp3) is 0.538. The lowest BCUT2D eigenvalue weighted by atomic mass is 10.0. The Labute approximate surface area is 204 Å². The Morgan fingerprint density at radius 1 is 1.03 bits per heavy atom. The number of likely N-dealkylation sites (tertiary alicyclic amines) is 1. The van der Waals surface area contributed by atoms with Crippen molar-refractivity contribution in [2.45, 2.75) is 48.3 Å². The van der Waals surface area contributed by atoms with E-state index in [4.69, 9.17) is 4.98 Å². The zero-order valence-electron chi connectivity index (χ0n) is 19.2. The van der Waals surface area contributed by atoms with Gasteiger partial charge in [0, 0.05) is 49.7 Å². The zero-order chi connectivity index (χ0) is 23.2. The van der Waals surface area contributed by atoms with Crippen molar-refractivity contribution in [1.82, 2.24) is 14.9 Å². The third-order valence-corrected chi connectivity index (χ3v) is 9.43. The third-order valence-electron chi connectivity index (χ3n) is 8.09. The summed E-state index contributed by atoms with van der Waals surface area (Å²) < 4.78 is 0. The number of fused-ring (bicyclic) bond motifs is 1. The average molecular weight is 479 g/mol. The summed E-state index contributed by atoms with van der Waals surface area (Å²) in [6.07, 6.45) is 9.47. The van der Waals surface area contributed by atoms with Crippen LogP contribution in [0.1, 0.15) is 53.9 Å². The van der Waals surface area contributed by atoms with Crippen molar-refractivity contribution in [3.05, 3.63) is 47.8 Å². The quantitative estimate of drug-likeness (QED) is 0.674. The maximum atomic E-state index is 13.6. The first-order valence-electron chi connectivity index (χ1n) is 12.4. The third kappa shape index (κ3) is 4.06. The van der Waals surface area contributed by atoms with Gasteiger partial charge in [-0.25, -0.2) is 4.98 Å². The molecular formula is C26H30N4O3S. The molecule has 4 atom stereocenters. The highest BCUT2D eigenvalue weighted by atomic mass is 32.2. The molecule has 178 valence electrons. The van der Waals surface area contributed by atoms with Gasteiger partial charge in [0.05, 0.1) is 11.5 Å². The highest BCUT2D eigenvalue weighted by Gasteiger charge is 2.60. The van der Waals surface area contributed by atoms with E-state index in [0.717, 1.165) is 36.9 Å². The van der Waals surface area contributed by atoms with Gasteiger partial charge in [0.2, 0.25) is 0 Å². The van der Waals surface area contributed by atoms with E-state index in [-0.39, 0.29) is 23.7 Å². The second-order valence-corrected chi connectivity index (χ2v) is 11.5. The second-order valence-electron chi connectivity index (χ2n) is 10.2. The predicted octanol–water partition coefficient (Wildman–Crippen LogP) is 3.91. The molecule has 2 aliphatic heterocycles. The number of nitrogens with zero attached hydrogens (tertiary/aromatic N) is 4. The molecule has 7 nitrogen and oxygen atoms in total. The molecule has 2 aromatic rings. The van der Waals surface area contributed by atoms with Gasteiger partial charge in [-0.05, 0) is 54.9 Å². The summed E-state index contributed by atoms with van der Waals surface area (Å²) in [5.41, 5.74) is 1.90. The molecule has 1 N–H and O–H groups in total. The van der Waals surface area contributed by atoms with Gasteiger partial charge in [-0.3, -0.25) is 14.6 Å². The molecule has 2 saturated heterocycles. The van der Waals surface area contributed by atoms with Crippen LogP contribution in [0.15, 0.2) is 41.7 Å². The summed E-state index contributed by atoms with van der Waals surface area (Å²) in [5, 5.41) is 10.7. The number of rotatable bonds is 6. The maximum absolute atomic E-state index is 13.6. The Hall–Kier alpha value is -2.61. The van der Waals surface area contributed by atoms with Crippen molar-refractivity contribution < 1.29 is 14.7 Å². The molecule has 4 heterocycles. The number of carbonyl (C=O) groups is 2. The number of hydrogen-bond acceptors (Lipinski definition) is 6. The van der Waals surface area contributed by atoms with Crippen LogP contribution in [0.4, 0.5) is 5.82 Å². The molecular weight excluding hydrogens is 448 g/mol.